The molecule has 0 bridgehead atoms. The van der Waals surface area contributed by atoms with E-state index in [2.05, 4.69) is 12.6 Å². The standard InChI is InChI=1S/C29H26F4N2O2S2/c30-23-6-9-28(32)21(11-23)15-34(16-22-12-24(31)7-10-29(22)33)17-25-14-26(38)18-35(25)39(36,37)27-8-5-19-3-1-2-4-20(19)13-27/h1-13,25-26,38H,14-18H2. The number of sulfonamides is 1. The van der Waals surface area contributed by atoms with Crippen LogP contribution in [0.5, 0.6) is 0 Å². The van der Waals surface area contributed by atoms with Crippen molar-refractivity contribution in [2.45, 2.75) is 35.7 Å². The van der Waals surface area contributed by atoms with Crippen molar-refractivity contribution in [3.63, 3.8) is 0 Å². The second-order valence-corrected chi connectivity index (χ2v) is 12.4. The highest BCUT2D eigenvalue weighted by atomic mass is 32.2. The van der Waals surface area contributed by atoms with Crippen molar-refractivity contribution in [1.82, 2.24) is 9.21 Å². The van der Waals surface area contributed by atoms with Crippen LogP contribution in [0.1, 0.15) is 17.5 Å². The van der Waals surface area contributed by atoms with Crippen LogP contribution >= 0.6 is 12.6 Å². The molecule has 10 heteroatoms. The molecule has 1 fully saturated rings. The Labute approximate surface area is 230 Å². The minimum atomic E-state index is -3.94. The molecule has 0 radical (unpaired) electrons. The third kappa shape index (κ3) is 6.14. The summed E-state index contributed by atoms with van der Waals surface area (Å²) in [5.74, 6) is -2.58. The molecule has 39 heavy (non-hydrogen) atoms. The first-order valence-corrected chi connectivity index (χ1v) is 14.3. The molecule has 0 aromatic heterocycles. The number of hydrogen-bond donors (Lipinski definition) is 1. The second kappa shape index (κ2) is 11.3. The molecule has 1 aliphatic heterocycles. The number of rotatable bonds is 8. The molecular formula is C29H26F4N2O2S2. The van der Waals surface area contributed by atoms with E-state index < -0.39 is 39.3 Å². The molecule has 0 aliphatic carbocycles. The molecule has 4 aromatic rings. The highest BCUT2D eigenvalue weighted by Crippen LogP contribution is 2.31. The highest BCUT2D eigenvalue weighted by Gasteiger charge is 2.40. The van der Waals surface area contributed by atoms with Gasteiger partial charge in [-0.2, -0.15) is 16.9 Å². The third-order valence-corrected chi connectivity index (χ3v) is 9.23. The summed E-state index contributed by atoms with van der Waals surface area (Å²) in [6.07, 6.45) is 0.393. The van der Waals surface area contributed by atoms with Crippen molar-refractivity contribution in [3.8, 4) is 0 Å². The summed E-state index contributed by atoms with van der Waals surface area (Å²) in [7, 11) is -3.94. The van der Waals surface area contributed by atoms with Crippen LogP contribution in [0.25, 0.3) is 10.8 Å². The largest absolute Gasteiger partial charge is 0.293 e. The Bertz CT molecular complexity index is 1560. The summed E-state index contributed by atoms with van der Waals surface area (Å²) in [5, 5.41) is 1.42. The van der Waals surface area contributed by atoms with Crippen LogP contribution in [0.2, 0.25) is 0 Å². The van der Waals surface area contributed by atoms with Gasteiger partial charge in [-0.05, 0) is 65.7 Å². The van der Waals surface area contributed by atoms with E-state index in [0.717, 1.165) is 47.2 Å². The summed E-state index contributed by atoms with van der Waals surface area (Å²) in [5.41, 5.74) is 0.0485. The Kier molecular flexibility index (Phi) is 8.00. The van der Waals surface area contributed by atoms with E-state index in [1.807, 2.05) is 24.3 Å². The van der Waals surface area contributed by atoms with Gasteiger partial charge in [0.25, 0.3) is 0 Å². The van der Waals surface area contributed by atoms with Gasteiger partial charge in [0.05, 0.1) is 4.90 Å². The summed E-state index contributed by atoms with van der Waals surface area (Å²) >= 11 is 4.55. The fourth-order valence-corrected chi connectivity index (χ4v) is 7.32. The minimum Gasteiger partial charge on any atom is -0.293 e. The van der Waals surface area contributed by atoms with Crippen LogP contribution in [-0.4, -0.2) is 42.0 Å². The van der Waals surface area contributed by atoms with E-state index in [1.165, 1.54) is 4.31 Å². The first kappa shape index (κ1) is 27.6. The fraction of sp³-hybridized carbons (Fsp3) is 0.241. The molecule has 2 atom stereocenters. The van der Waals surface area contributed by atoms with E-state index in [0.29, 0.717) is 6.42 Å². The maximum Gasteiger partial charge on any atom is 0.243 e. The van der Waals surface area contributed by atoms with Crippen molar-refractivity contribution in [2.75, 3.05) is 13.1 Å². The Hall–Kier alpha value is -2.92. The summed E-state index contributed by atoms with van der Waals surface area (Å²) in [6.45, 7) is -0.0660. The third-order valence-electron chi connectivity index (χ3n) is 6.94. The molecule has 204 valence electrons. The lowest BCUT2D eigenvalue weighted by molar-refractivity contribution is 0.200. The summed E-state index contributed by atoms with van der Waals surface area (Å²) in [6, 6.07) is 17.9. The lowest BCUT2D eigenvalue weighted by atomic mass is 10.1. The first-order valence-electron chi connectivity index (χ1n) is 12.4. The smallest absolute Gasteiger partial charge is 0.243 e. The van der Waals surface area contributed by atoms with Gasteiger partial charge in [-0.3, -0.25) is 4.90 Å². The van der Waals surface area contributed by atoms with Gasteiger partial charge in [0.2, 0.25) is 10.0 Å². The molecule has 4 aromatic carbocycles. The highest BCUT2D eigenvalue weighted by molar-refractivity contribution is 7.89. The van der Waals surface area contributed by atoms with Gasteiger partial charge in [0.1, 0.15) is 23.3 Å². The van der Waals surface area contributed by atoms with Crippen LogP contribution < -0.4 is 0 Å². The Morgan fingerprint density at radius 1 is 0.795 bits per heavy atom. The molecule has 0 saturated carbocycles. The Balaban J connectivity index is 1.47. The van der Waals surface area contributed by atoms with Crippen molar-refractivity contribution in [2.24, 2.45) is 0 Å². The molecule has 1 aliphatic rings. The van der Waals surface area contributed by atoms with Crippen LogP contribution in [0.3, 0.4) is 0 Å². The second-order valence-electron chi connectivity index (χ2n) is 9.77. The zero-order chi connectivity index (χ0) is 27.7. The number of fused-ring (bicyclic) bond motifs is 1. The molecule has 4 nitrogen and oxygen atoms in total. The van der Waals surface area contributed by atoms with Gasteiger partial charge < -0.3 is 0 Å². The Morgan fingerprint density at radius 2 is 1.38 bits per heavy atom. The molecule has 1 saturated heterocycles. The number of halogens is 4. The molecule has 1 heterocycles. The van der Waals surface area contributed by atoms with E-state index in [4.69, 9.17) is 0 Å². The summed E-state index contributed by atoms with van der Waals surface area (Å²) < 4.78 is 85.9. The molecule has 0 amide bonds. The minimum absolute atomic E-state index is 0.0242. The van der Waals surface area contributed by atoms with Crippen LogP contribution in [0, 0.1) is 23.3 Å². The van der Waals surface area contributed by atoms with E-state index in [1.54, 1.807) is 23.1 Å². The maximum absolute atomic E-state index is 14.6. The lowest BCUT2D eigenvalue weighted by Gasteiger charge is -2.30. The van der Waals surface area contributed by atoms with E-state index in [9.17, 15) is 26.0 Å². The molecule has 5 rings (SSSR count). The average Bonchev–Trinajstić information content (AvgIpc) is 3.28. The predicted molar refractivity (Wildman–Crippen MR) is 146 cm³/mol. The zero-order valence-electron chi connectivity index (χ0n) is 20.8. The van der Waals surface area contributed by atoms with Crippen LogP contribution in [-0.2, 0) is 23.1 Å². The van der Waals surface area contributed by atoms with Crippen molar-refractivity contribution in [3.05, 3.63) is 113 Å². The number of thiol groups is 1. The number of benzene rings is 4. The number of nitrogens with zero attached hydrogens (tertiary/aromatic N) is 2. The molecular weight excluding hydrogens is 548 g/mol. The quantitative estimate of drug-likeness (QED) is 0.203. The summed E-state index contributed by atoms with van der Waals surface area (Å²) in [4.78, 5) is 1.74. The average molecular weight is 575 g/mol. The van der Waals surface area contributed by atoms with Gasteiger partial charge in [0, 0.05) is 48.6 Å². The fourth-order valence-electron chi connectivity index (χ4n) is 5.08. The van der Waals surface area contributed by atoms with E-state index in [-0.39, 0.29) is 47.5 Å². The van der Waals surface area contributed by atoms with Gasteiger partial charge in [-0.15, -0.1) is 0 Å². The van der Waals surface area contributed by atoms with Crippen LogP contribution in [0.15, 0.2) is 83.8 Å². The number of hydrogen-bond acceptors (Lipinski definition) is 4. The SMILES string of the molecule is O=S(=O)(c1ccc2ccccc2c1)N1CC(S)CC1CN(Cc1cc(F)ccc1F)Cc1cc(F)ccc1F. The lowest BCUT2D eigenvalue weighted by Crippen LogP contribution is -2.43. The topological polar surface area (TPSA) is 40.6 Å². The van der Waals surface area contributed by atoms with Crippen LogP contribution in [0.4, 0.5) is 17.6 Å². The van der Waals surface area contributed by atoms with Gasteiger partial charge in [-0.25, -0.2) is 26.0 Å². The zero-order valence-corrected chi connectivity index (χ0v) is 22.5. The molecule has 0 N–H and O–H groups in total. The van der Waals surface area contributed by atoms with Crippen molar-refractivity contribution >= 4 is 33.4 Å². The van der Waals surface area contributed by atoms with Gasteiger partial charge >= 0.3 is 0 Å². The molecule has 2 unspecified atom stereocenters. The maximum atomic E-state index is 14.6. The molecule has 0 spiro atoms. The first-order chi connectivity index (χ1) is 18.6. The normalized spacial score (nSPS) is 18.3. The van der Waals surface area contributed by atoms with Crippen molar-refractivity contribution in [1.29, 1.82) is 0 Å². The van der Waals surface area contributed by atoms with Crippen molar-refractivity contribution < 1.29 is 26.0 Å². The van der Waals surface area contributed by atoms with E-state index >= 15 is 0 Å². The monoisotopic (exact) mass is 574 g/mol. The van der Waals surface area contributed by atoms with Gasteiger partial charge in [0.15, 0.2) is 0 Å². The predicted octanol–water partition coefficient (Wildman–Crippen LogP) is 6.16. The Morgan fingerprint density at radius 3 is 2.00 bits per heavy atom. The van der Waals surface area contributed by atoms with Gasteiger partial charge in [-0.1, -0.05) is 30.3 Å².